The lowest BCUT2D eigenvalue weighted by Gasteiger charge is -2.19. The van der Waals surface area contributed by atoms with Crippen LogP contribution in [-0.2, 0) is 6.54 Å². The number of anilines is 1. The molecule has 3 rings (SSSR count). The molecular weight excluding hydrogens is 228 g/mol. The molecule has 0 radical (unpaired) electrons. The number of aromatic nitrogens is 2. The Balaban J connectivity index is 1.82. The maximum Gasteiger partial charge on any atom is 0.225 e. The maximum absolute atomic E-state index is 9.93. The highest BCUT2D eigenvalue weighted by molar-refractivity contribution is 5.35. The van der Waals surface area contributed by atoms with Crippen molar-refractivity contribution < 1.29 is 5.11 Å². The summed E-state index contributed by atoms with van der Waals surface area (Å²) < 4.78 is 0. The number of rotatable bonds is 2. The highest BCUT2D eigenvalue weighted by Crippen LogP contribution is 2.39. The second-order valence-corrected chi connectivity index (χ2v) is 5.48. The molecule has 0 bridgehead atoms. The Hall–Kier alpha value is -1.20. The molecule has 1 aromatic heterocycles. The summed E-state index contributed by atoms with van der Waals surface area (Å²) in [7, 11) is 0. The molecule has 0 spiro atoms. The molecular formula is C13H20N4O. The van der Waals surface area contributed by atoms with Crippen LogP contribution in [0.5, 0.6) is 0 Å². The van der Waals surface area contributed by atoms with E-state index < -0.39 is 0 Å². The van der Waals surface area contributed by atoms with E-state index in [1.807, 2.05) is 13.0 Å². The fourth-order valence-corrected chi connectivity index (χ4v) is 3.26. The van der Waals surface area contributed by atoms with Crippen LogP contribution in [-0.4, -0.2) is 34.3 Å². The van der Waals surface area contributed by atoms with Gasteiger partial charge in [0.15, 0.2) is 0 Å². The minimum atomic E-state index is -0.140. The molecule has 1 saturated carbocycles. The molecule has 1 aliphatic heterocycles. The summed E-state index contributed by atoms with van der Waals surface area (Å²) in [6.07, 6.45) is 1.93. The van der Waals surface area contributed by atoms with E-state index in [4.69, 9.17) is 5.73 Å². The number of hydrogen-bond donors (Lipinski definition) is 2. The van der Waals surface area contributed by atoms with Gasteiger partial charge in [-0.1, -0.05) is 0 Å². The normalized spacial score (nSPS) is 30.8. The largest absolute Gasteiger partial charge is 0.393 e. The van der Waals surface area contributed by atoms with E-state index in [9.17, 15) is 5.11 Å². The third kappa shape index (κ3) is 1.97. The first-order valence-electron chi connectivity index (χ1n) is 6.65. The van der Waals surface area contributed by atoms with Gasteiger partial charge in [-0.2, -0.15) is 0 Å². The molecule has 0 aromatic carbocycles. The van der Waals surface area contributed by atoms with Crippen LogP contribution in [0.15, 0.2) is 6.07 Å². The van der Waals surface area contributed by atoms with Crippen molar-refractivity contribution in [3.8, 4) is 0 Å². The Morgan fingerprint density at radius 3 is 2.94 bits per heavy atom. The number of aliphatic hydroxyl groups is 1. The van der Waals surface area contributed by atoms with Crippen LogP contribution in [0, 0.1) is 18.8 Å². The Labute approximate surface area is 107 Å². The molecule has 1 saturated heterocycles. The van der Waals surface area contributed by atoms with E-state index >= 15 is 0 Å². The van der Waals surface area contributed by atoms with Gasteiger partial charge >= 0.3 is 0 Å². The minimum Gasteiger partial charge on any atom is -0.393 e. The van der Waals surface area contributed by atoms with Crippen LogP contribution in [0.1, 0.15) is 24.2 Å². The second kappa shape index (κ2) is 4.48. The van der Waals surface area contributed by atoms with Crippen LogP contribution in [0.2, 0.25) is 0 Å². The average Bonchev–Trinajstić information content (AvgIpc) is 2.91. The Bertz CT molecular complexity index is 451. The van der Waals surface area contributed by atoms with Crippen LogP contribution < -0.4 is 10.6 Å². The number of nitrogens with two attached hydrogens (primary N) is 1. The summed E-state index contributed by atoms with van der Waals surface area (Å²) in [4.78, 5) is 11.2. The maximum atomic E-state index is 9.93. The predicted molar refractivity (Wildman–Crippen MR) is 69.1 cm³/mol. The van der Waals surface area contributed by atoms with Crippen molar-refractivity contribution in [2.24, 2.45) is 17.6 Å². The minimum absolute atomic E-state index is 0.140. The van der Waals surface area contributed by atoms with Gasteiger partial charge in [-0.05, 0) is 31.7 Å². The molecule has 2 heterocycles. The molecule has 0 amide bonds. The van der Waals surface area contributed by atoms with Crippen LogP contribution >= 0.6 is 0 Å². The fourth-order valence-electron chi connectivity index (χ4n) is 3.26. The zero-order chi connectivity index (χ0) is 12.7. The molecule has 1 aliphatic carbocycles. The fraction of sp³-hybridized carbons (Fsp3) is 0.692. The van der Waals surface area contributed by atoms with Gasteiger partial charge in [0.05, 0.1) is 11.8 Å². The molecule has 3 N–H and O–H groups in total. The summed E-state index contributed by atoms with van der Waals surface area (Å²) >= 11 is 0. The van der Waals surface area contributed by atoms with Crippen LogP contribution in [0.4, 0.5) is 5.95 Å². The standard InChI is InChI=1S/C13H20N4O/c1-8-4-10(5-14)16-13(15-8)17-6-9-2-3-12(18)11(9)7-17/h4,9,11-12,18H,2-3,5-7,14H2,1H3. The molecule has 1 aromatic rings. The first-order chi connectivity index (χ1) is 8.67. The van der Waals surface area contributed by atoms with E-state index in [0.717, 1.165) is 43.3 Å². The third-order valence-corrected chi connectivity index (χ3v) is 4.21. The molecule has 18 heavy (non-hydrogen) atoms. The van der Waals surface area contributed by atoms with Crippen molar-refractivity contribution >= 4 is 5.95 Å². The zero-order valence-corrected chi connectivity index (χ0v) is 10.7. The number of fused-ring (bicyclic) bond motifs is 1. The van der Waals surface area contributed by atoms with Crippen LogP contribution in [0.25, 0.3) is 0 Å². The van der Waals surface area contributed by atoms with Gasteiger partial charge in [-0.3, -0.25) is 0 Å². The SMILES string of the molecule is Cc1cc(CN)nc(N2CC3CCC(O)C3C2)n1. The van der Waals surface area contributed by atoms with Crippen molar-refractivity contribution in [3.05, 3.63) is 17.5 Å². The average molecular weight is 248 g/mol. The summed E-state index contributed by atoms with van der Waals surface area (Å²) in [5.41, 5.74) is 7.49. The molecule has 3 unspecified atom stereocenters. The van der Waals surface area contributed by atoms with E-state index in [1.165, 1.54) is 0 Å². The molecule has 2 fully saturated rings. The van der Waals surface area contributed by atoms with Crippen molar-refractivity contribution in [1.82, 2.24) is 9.97 Å². The number of aliphatic hydroxyl groups excluding tert-OH is 1. The van der Waals surface area contributed by atoms with Gasteiger partial charge < -0.3 is 15.7 Å². The van der Waals surface area contributed by atoms with E-state index in [2.05, 4.69) is 14.9 Å². The molecule has 5 nitrogen and oxygen atoms in total. The highest BCUT2D eigenvalue weighted by atomic mass is 16.3. The molecule has 2 aliphatic rings. The predicted octanol–water partition coefficient (Wildman–Crippen LogP) is 0.451. The summed E-state index contributed by atoms with van der Waals surface area (Å²) in [5.74, 6) is 1.78. The van der Waals surface area contributed by atoms with Crippen molar-refractivity contribution in [2.75, 3.05) is 18.0 Å². The topological polar surface area (TPSA) is 75.3 Å². The Morgan fingerprint density at radius 1 is 1.39 bits per heavy atom. The van der Waals surface area contributed by atoms with Crippen molar-refractivity contribution in [2.45, 2.75) is 32.4 Å². The summed E-state index contributed by atoms with van der Waals surface area (Å²) in [6.45, 7) is 4.25. The van der Waals surface area contributed by atoms with Crippen LogP contribution in [0.3, 0.4) is 0 Å². The van der Waals surface area contributed by atoms with E-state index in [1.54, 1.807) is 0 Å². The lowest BCUT2D eigenvalue weighted by molar-refractivity contribution is 0.133. The number of hydrogen-bond acceptors (Lipinski definition) is 5. The first-order valence-corrected chi connectivity index (χ1v) is 6.65. The lowest BCUT2D eigenvalue weighted by Crippen LogP contribution is -2.26. The van der Waals surface area contributed by atoms with Gasteiger partial charge in [-0.25, -0.2) is 9.97 Å². The summed E-state index contributed by atoms with van der Waals surface area (Å²) in [6, 6.07) is 1.93. The van der Waals surface area contributed by atoms with Crippen molar-refractivity contribution in [3.63, 3.8) is 0 Å². The Kier molecular flexibility index (Phi) is 2.95. The van der Waals surface area contributed by atoms with Gasteiger partial charge in [0.2, 0.25) is 5.95 Å². The van der Waals surface area contributed by atoms with Gasteiger partial charge in [0.1, 0.15) is 0 Å². The van der Waals surface area contributed by atoms with Gasteiger partial charge in [0.25, 0.3) is 0 Å². The quantitative estimate of drug-likeness (QED) is 0.795. The summed E-state index contributed by atoms with van der Waals surface area (Å²) in [5, 5.41) is 9.93. The number of aryl methyl sites for hydroxylation is 1. The molecule has 3 atom stereocenters. The van der Waals surface area contributed by atoms with Crippen molar-refractivity contribution in [1.29, 1.82) is 0 Å². The smallest absolute Gasteiger partial charge is 0.225 e. The third-order valence-electron chi connectivity index (χ3n) is 4.21. The van der Waals surface area contributed by atoms with Gasteiger partial charge in [-0.15, -0.1) is 0 Å². The number of nitrogens with zero attached hydrogens (tertiary/aromatic N) is 3. The Morgan fingerprint density at radius 2 is 2.22 bits per heavy atom. The molecule has 5 heteroatoms. The van der Waals surface area contributed by atoms with E-state index in [-0.39, 0.29) is 6.10 Å². The monoisotopic (exact) mass is 248 g/mol. The first kappa shape index (κ1) is 11.9. The second-order valence-electron chi connectivity index (χ2n) is 5.48. The zero-order valence-electron chi connectivity index (χ0n) is 10.7. The molecule has 98 valence electrons. The lowest BCUT2D eigenvalue weighted by atomic mass is 10.00. The van der Waals surface area contributed by atoms with E-state index in [0.29, 0.717) is 18.4 Å². The highest BCUT2D eigenvalue weighted by Gasteiger charge is 2.42. The van der Waals surface area contributed by atoms with Gasteiger partial charge in [0, 0.05) is 31.2 Å².